The monoisotopic (exact) mass is 279 g/mol. The average Bonchev–Trinajstić information content (AvgIpc) is 2.45. The number of unbranched alkanes of at least 4 members (excludes halogenated alkanes) is 1. The Labute approximate surface area is 116 Å². The summed E-state index contributed by atoms with van der Waals surface area (Å²) < 4.78 is 4.95. The molecule has 0 aromatic carbocycles. The SMILES string of the molecule is CCCCOC(=O)/C=C/c1cc([N+](=O)[O-])cnc1NC. The van der Waals surface area contributed by atoms with E-state index in [2.05, 4.69) is 10.3 Å². The number of pyridine rings is 1. The van der Waals surface area contributed by atoms with Gasteiger partial charge in [-0.2, -0.15) is 0 Å². The number of carbonyl (C=O) groups is 1. The minimum atomic E-state index is -0.538. The molecule has 0 spiro atoms. The first-order valence-corrected chi connectivity index (χ1v) is 6.25. The van der Waals surface area contributed by atoms with Gasteiger partial charge in [0.1, 0.15) is 12.0 Å². The zero-order valence-corrected chi connectivity index (χ0v) is 11.5. The van der Waals surface area contributed by atoms with Gasteiger partial charge in [0.05, 0.1) is 11.5 Å². The van der Waals surface area contributed by atoms with Gasteiger partial charge in [0, 0.05) is 24.8 Å². The van der Waals surface area contributed by atoms with Crippen molar-refractivity contribution in [2.24, 2.45) is 0 Å². The number of carbonyl (C=O) groups excluding carboxylic acids is 1. The Morgan fingerprint density at radius 3 is 2.95 bits per heavy atom. The van der Waals surface area contributed by atoms with Crippen LogP contribution in [0.1, 0.15) is 25.3 Å². The molecular weight excluding hydrogens is 262 g/mol. The van der Waals surface area contributed by atoms with Gasteiger partial charge in [0.15, 0.2) is 0 Å². The van der Waals surface area contributed by atoms with E-state index in [1.54, 1.807) is 7.05 Å². The van der Waals surface area contributed by atoms with E-state index in [9.17, 15) is 14.9 Å². The van der Waals surface area contributed by atoms with Crippen LogP contribution in [0.2, 0.25) is 0 Å². The largest absolute Gasteiger partial charge is 0.463 e. The van der Waals surface area contributed by atoms with Gasteiger partial charge in [0.25, 0.3) is 5.69 Å². The van der Waals surface area contributed by atoms with Crippen LogP contribution < -0.4 is 5.32 Å². The van der Waals surface area contributed by atoms with E-state index in [4.69, 9.17) is 4.74 Å². The number of hydrogen-bond acceptors (Lipinski definition) is 6. The summed E-state index contributed by atoms with van der Waals surface area (Å²) in [5, 5.41) is 13.5. The molecule has 0 aliphatic heterocycles. The van der Waals surface area contributed by atoms with E-state index in [1.165, 1.54) is 18.2 Å². The third kappa shape index (κ3) is 4.68. The van der Waals surface area contributed by atoms with Crippen LogP contribution in [0.3, 0.4) is 0 Å². The molecule has 0 bridgehead atoms. The predicted octanol–water partition coefficient (Wildman–Crippen LogP) is 2.39. The fourth-order valence-corrected chi connectivity index (χ4v) is 1.43. The van der Waals surface area contributed by atoms with Gasteiger partial charge in [-0.3, -0.25) is 10.1 Å². The van der Waals surface area contributed by atoms with E-state index in [-0.39, 0.29) is 5.69 Å². The minimum absolute atomic E-state index is 0.136. The van der Waals surface area contributed by atoms with Crippen LogP contribution in [0.4, 0.5) is 11.5 Å². The van der Waals surface area contributed by atoms with Crippen molar-refractivity contribution in [1.82, 2.24) is 4.98 Å². The molecule has 0 aliphatic carbocycles. The van der Waals surface area contributed by atoms with Crippen molar-refractivity contribution in [3.63, 3.8) is 0 Å². The lowest BCUT2D eigenvalue weighted by Crippen LogP contribution is -2.02. The normalized spacial score (nSPS) is 10.5. The predicted molar refractivity (Wildman–Crippen MR) is 75.3 cm³/mol. The molecule has 20 heavy (non-hydrogen) atoms. The van der Waals surface area contributed by atoms with Gasteiger partial charge in [-0.05, 0) is 12.5 Å². The molecule has 0 unspecified atom stereocenters. The maximum Gasteiger partial charge on any atom is 0.330 e. The second-order valence-electron chi connectivity index (χ2n) is 3.99. The van der Waals surface area contributed by atoms with Crippen LogP contribution in [0.5, 0.6) is 0 Å². The molecular formula is C13H17N3O4. The van der Waals surface area contributed by atoms with Crippen LogP contribution in [0.25, 0.3) is 6.08 Å². The number of aromatic nitrogens is 1. The van der Waals surface area contributed by atoms with Crippen molar-refractivity contribution < 1.29 is 14.5 Å². The molecule has 0 saturated heterocycles. The van der Waals surface area contributed by atoms with Crippen LogP contribution in [-0.4, -0.2) is 29.5 Å². The minimum Gasteiger partial charge on any atom is -0.463 e. The Morgan fingerprint density at radius 1 is 1.60 bits per heavy atom. The molecule has 0 saturated carbocycles. The molecule has 7 nitrogen and oxygen atoms in total. The zero-order valence-electron chi connectivity index (χ0n) is 11.5. The van der Waals surface area contributed by atoms with Gasteiger partial charge in [-0.15, -0.1) is 0 Å². The summed E-state index contributed by atoms with van der Waals surface area (Å²) in [4.78, 5) is 25.5. The van der Waals surface area contributed by atoms with Crippen LogP contribution in [0.15, 0.2) is 18.3 Å². The highest BCUT2D eigenvalue weighted by atomic mass is 16.6. The highest BCUT2D eigenvalue weighted by Gasteiger charge is 2.10. The molecule has 1 N–H and O–H groups in total. The van der Waals surface area contributed by atoms with Crippen molar-refractivity contribution >= 4 is 23.6 Å². The highest BCUT2D eigenvalue weighted by Crippen LogP contribution is 2.20. The van der Waals surface area contributed by atoms with E-state index in [0.717, 1.165) is 19.0 Å². The van der Waals surface area contributed by atoms with E-state index in [0.29, 0.717) is 18.0 Å². The molecule has 0 amide bonds. The van der Waals surface area contributed by atoms with Crippen LogP contribution in [0, 0.1) is 10.1 Å². The van der Waals surface area contributed by atoms with Gasteiger partial charge in [0.2, 0.25) is 0 Å². The van der Waals surface area contributed by atoms with Crippen molar-refractivity contribution in [2.45, 2.75) is 19.8 Å². The quantitative estimate of drug-likeness (QED) is 0.271. The number of nitrogens with one attached hydrogen (secondary N) is 1. The summed E-state index contributed by atoms with van der Waals surface area (Å²) >= 11 is 0. The molecule has 1 aromatic rings. The number of ether oxygens (including phenoxy) is 1. The third-order valence-corrected chi connectivity index (χ3v) is 2.49. The Morgan fingerprint density at radius 2 is 2.35 bits per heavy atom. The number of rotatable bonds is 7. The molecule has 0 fully saturated rings. The topological polar surface area (TPSA) is 94.4 Å². The molecule has 0 radical (unpaired) electrons. The molecule has 7 heteroatoms. The fraction of sp³-hybridized carbons (Fsp3) is 0.385. The second-order valence-corrected chi connectivity index (χ2v) is 3.99. The first-order valence-electron chi connectivity index (χ1n) is 6.25. The van der Waals surface area contributed by atoms with Crippen molar-refractivity contribution in [1.29, 1.82) is 0 Å². The molecule has 108 valence electrons. The first kappa shape index (κ1) is 15.6. The second kappa shape index (κ2) is 7.88. The molecule has 1 heterocycles. The van der Waals surface area contributed by atoms with Gasteiger partial charge in [-0.1, -0.05) is 13.3 Å². The number of nitro groups is 1. The fourth-order valence-electron chi connectivity index (χ4n) is 1.43. The Kier molecular flexibility index (Phi) is 6.15. The standard InChI is InChI=1S/C13H17N3O4/c1-3-4-7-20-12(17)6-5-10-8-11(16(18)19)9-15-13(10)14-2/h5-6,8-9H,3-4,7H2,1-2H3,(H,14,15)/b6-5+. The van der Waals surface area contributed by atoms with Gasteiger partial charge < -0.3 is 10.1 Å². The van der Waals surface area contributed by atoms with Crippen LogP contribution >= 0.6 is 0 Å². The summed E-state index contributed by atoms with van der Waals surface area (Å²) in [6.45, 7) is 2.36. The zero-order chi connectivity index (χ0) is 15.0. The summed E-state index contributed by atoms with van der Waals surface area (Å²) in [7, 11) is 1.64. The van der Waals surface area contributed by atoms with E-state index in [1.807, 2.05) is 6.92 Å². The maximum absolute atomic E-state index is 11.4. The Balaban J connectivity index is 2.81. The van der Waals surface area contributed by atoms with Crippen molar-refractivity contribution in [3.05, 3.63) is 34.0 Å². The summed E-state index contributed by atoms with van der Waals surface area (Å²) in [6, 6.07) is 1.34. The Bertz CT molecular complexity index is 514. The lowest BCUT2D eigenvalue weighted by atomic mass is 10.2. The smallest absolute Gasteiger partial charge is 0.330 e. The number of anilines is 1. The van der Waals surface area contributed by atoms with Crippen molar-refractivity contribution in [2.75, 3.05) is 19.0 Å². The average molecular weight is 279 g/mol. The molecule has 1 rings (SSSR count). The summed E-state index contributed by atoms with van der Waals surface area (Å²) in [5.41, 5.74) is 0.317. The lowest BCUT2D eigenvalue weighted by Gasteiger charge is -2.03. The number of nitrogens with zero attached hydrogens (tertiary/aromatic N) is 2. The van der Waals surface area contributed by atoms with E-state index >= 15 is 0 Å². The summed E-state index contributed by atoms with van der Waals surface area (Å²) in [5.74, 6) is -0.0276. The lowest BCUT2D eigenvalue weighted by molar-refractivity contribution is -0.385. The van der Waals surface area contributed by atoms with Gasteiger partial charge in [-0.25, -0.2) is 9.78 Å². The van der Waals surface area contributed by atoms with E-state index < -0.39 is 10.9 Å². The molecule has 0 atom stereocenters. The van der Waals surface area contributed by atoms with Crippen molar-refractivity contribution in [3.8, 4) is 0 Å². The number of esters is 1. The molecule has 1 aromatic heterocycles. The molecule has 0 aliphatic rings. The number of hydrogen-bond donors (Lipinski definition) is 1. The van der Waals surface area contributed by atoms with Gasteiger partial charge >= 0.3 is 5.97 Å². The summed E-state index contributed by atoms with van der Waals surface area (Å²) in [6.07, 6.45) is 5.58. The maximum atomic E-state index is 11.4. The third-order valence-electron chi connectivity index (χ3n) is 2.49. The first-order chi connectivity index (χ1) is 9.58. The Hall–Kier alpha value is -2.44. The highest BCUT2D eigenvalue weighted by molar-refractivity contribution is 5.88. The van der Waals surface area contributed by atoms with Crippen LogP contribution in [-0.2, 0) is 9.53 Å².